The number of nitrogen functional groups attached to an aromatic ring is 1. The van der Waals surface area contributed by atoms with Gasteiger partial charge in [-0.1, -0.05) is 0 Å². The lowest BCUT2D eigenvalue weighted by molar-refractivity contribution is 0.371. The largest absolute Gasteiger partial charge is 0.398 e. The predicted octanol–water partition coefficient (Wildman–Crippen LogP) is 2.89. The molecule has 1 fully saturated rings. The SMILES string of the molecule is Nc1ccc(F)cc1SCCC1CCCNC1. The van der Waals surface area contributed by atoms with Crippen LogP contribution in [0.3, 0.4) is 0 Å². The maximum atomic E-state index is 13.1. The van der Waals surface area contributed by atoms with Crippen molar-refractivity contribution in [1.29, 1.82) is 0 Å². The Bertz CT molecular complexity index is 364. The van der Waals surface area contributed by atoms with E-state index in [4.69, 9.17) is 5.73 Å². The molecule has 0 aromatic heterocycles. The van der Waals surface area contributed by atoms with Crippen LogP contribution in [0.15, 0.2) is 23.1 Å². The summed E-state index contributed by atoms with van der Waals surface area (Å²) in [6, 6.07) is 4.57. The first-order valence-corrected chi connectivity index (χ1v) is 7.13. The van der Waals surface area contributed by atoms with Gasteiger partial charge < -0.3 is 11.1 Å². The van der Waals surface area contributed by atoms with E-state index in [2.05, 4.69) is 5.32 Å². The summed E-state index contributed by atoms with van der Waals surface area (Å²) in [6.07, 6.45) is 3.76. The molecule has 1 aromatic carbocycles. The molecule has 1 atom stereocenters. The first kappa shape index (κ1) is 12.7. The van der Waals surface area contributed by atoms with Crippen molar-refractivity contribution in [1.82, 2.24) is 5.32 Å². The lowest BCUT2D eigenvalue weighted by Gasteiger charge is -2.22. The van der Waals surface area contributed by atoms with Crippen LogP contribution in [0.2, 0.25) is 0 Å². The fourth-order valence-corrected chi connectivity index (χ4v) is 3.24. The topological polar surface area (TPSA) is 38.0 Å². The molecule has 1 aliphatic heterocycles. The van der Waals surface area contributed by atoms with Gasteiger partial charge in [0.15, 0.2) is 0 Å². The van der Waals surface area contributed by atoms with Crippen molar-refractivity contribution in [3.8, 4) is 0 Å². The molecule has 0 amide bonds. The van der Waals surface area contributed by atoms with Crippen LogP contribution in [0, 0.1) is 11.7 Å². The number of hydrogen-bond donors (Lipinski definition) is 2. The Morgan fingerprint density at radius 2 is 2.35 bits per heavy atom. The smallest absolute Gasteiger partial charge is 0.124 e. The van der Waals surface area contributed by atoms with E-state index < -0.39 is 0 Å². The van der Waals surface area contributed by atoms with E-state index in [9.17, 15) is 4.39 Å². The highest BCUT2D eigenvalue weighted by atomic mass is 32.2. The van der Waals surface area contributed by atoms with Crippen LogP contribution in [0.5, 0.6) is 0 Å². The molecule has 2 nitrogen and oxygen atoms in total. The van der Waals surface area contributed by atoms with Crippen molar-refractivity contribution in [2.45, 2.75) is 24.2 Å². The molecule has 1 saturated heterocycles. The van der Waals surface area contributed by atoms with Gasteiger partial charge in [0.2, 0.25) is 0 Å². The van der Waals surface area contributed by atoms with Crippen molar-refractivity contribution in [3.63, 3.8) is 0 Å². The number of piperidine rings is 1. The van der Waals surface area contributed by atoms with Gasteiger partial charge in [0, 0.05) is 10.6 Å². The molecule has 0 bridgehead atoms. The molecule has 0 radical (unpaired) electrons. The van der Waals surface area contributed by atoms with E-state index in [1.54, 1.807) is 17.8 Å². The highest BCUT2D eigenvalue weighted by Crippen LogP contribution is 2.28. The Hall–Kier alpha value is -0.740. The highest BCUT2D eigenvalue weighted by molar-refractivity contribution is 7.99. The summed E-state index contributed by atoms with van der Waals surface area (Å²) in [5.74, 6) is 1.58. The quantitative estimate of drug-likeness (QED) is 0.641. The van der Waals surface area contributed by atoms with Gasteiger partial charge in [-0.15, -0.1) is 11.8 Å². The molecule has 94 valence electrons. The molecule has 4 heteroatoms. The number of nitrogens with one attached hydrogen (secondary N) is 1. The van der Waals surface area contributed by atoms with Crippen molar-refractivity contribution in [3.05, 3.63) is 24.0 Å². The summed E-state index contributed by atoms with van der Waals surface area (Å²) in [4.78, 5) is 0.869. The van der Waals surface area contributed by atoms with E-state index in [1.807, 2.05) is 0 Å². The summed E-state index contributed by atoms with van der Waals surface area (Å²) in [5, 5.41) is 3.41. The van der Waals surface area contributed by atoms with Crippen LogP contribution < -0.4 is 11.1 Å². The van der Waals surface area contributed by atoms with Gasteiger partial charge in [-0.2, -0.15) is 0 Å². The number of rotatable bonds is 4. The summed E-state index contributed by atoms with van der Waals surface area (Å²) >= 11 is 1.66. The zero-order valence-electron chi connectivity index (χ0n) is 9.92. The fourth-order valence-electron chi connectivity index (χ4n) is 2.14. The standard InChI is InChI=1S/C13H19FN2S/c14-11-3-4-12(15)13(8-11)17-7-5-10-2-1-6-16-9-10/h3-4,8,10,16H,1-2,5-7,9,15H2. The molecule has 0 saturated carbocycles. The molecule has 3 N–H and O–H groups in total. The summed E-state index contributed by atoms with van der Waals surface area (Å²) in [6.45, 7) is 2.28. The van der Waals surface area contributed by atoms with Crippen LogP contribution in [0.1, 0.15) is 19.3 Å². The number of anilines is 1. The van der Waals surface area contributed by atoms with E-state index in [-0.39, 0.29) is 5.82 Å². The predicted molar refractivity (Wildman–Crippen MR) is 71.7 cm³/mol. The number of thioether (sulfide) groups is 1. The average molecular weight is 254 g/mol. The van der Waals surface area contributed by atoms with Gasteiger partial charge in [0.25, 0.3) is 0 Å². The fraction of sp³-hybridized carbons (Fsp3) is 0.538. The third kappa shape index (κ3) is 3.89. The molecular weight excluding hydrogens is 235 g/mol. The van der Waals surface area contributed by atoms with Crippen LogP contribution in [0.25, 0.3) is 0 Å². The Labute approximate surface area is 106 Å². The van der Waals surface area contributed by atoms with Gasteiger partial charge in [-0.25, -0.2) is 4.39 Å². The molecule has 0 spiro atoms. The monoisotopic (exact) mass is 254 g/mol. The molecule has 17 heavy (non-hydrogen) atoms. The van der Waals surface area contributed by atoms with Crippen LogP contribution in [-0.2, 0) is 0 Å². The number of benzene rings is 1. The van der Waals surface area contributed by atoms with Crippen molar-refractivity contribution >= 4 is 17.4 Å². The zero-order chi connectivity index (χ0) is 12.1. The van der Waals surface area contributed by atoms with Gasteiger partial charge >= 0.3 is 0 Å². The summed E-state index contributed by atoms with van der Waals surface area (Å²) < 4.78 is 13.1. The summed E-state index contributed by atoms with van der Waals surface area (Å²) in [5.41, 5.74) is 6.49. The molecule has 1 unspecified atom stereocenters. The van der Waals surface area contributed by atoms with E-state index in [1.165, 1.54) is 31.4 Å². The minimum Gasteiger partial charge on any atom is -0.398 e. The van der Waals surface area contributed by atoms with Crippen LogP contribution in [0.4, 0.5) is 10.1 Å². The average Bonchev–Trinajstić information content (AvgIpc) is 2.35. The van der Waals surface area contributed by atoms with Crippen molar-refractivity contribution in [2.24, 2.45) is 5.92 Å². The van der Waals surface area contributed by atoms with Crippen molar-refractivity contribution < 1.29 is 4.39 Å². The zero-order valence-corrected chi connectivity index (χ0v) is 10.7. The number of nitrogens with two attached hydrogens (primary N) is 1. The second-order valence-corrected chi connectivity index (χ2v) is 5.67. The minimum atomic E-state index is -0.207. The molecular formula is C13H19FN2S. The van der Waals surface area contributed by atoms with E-state index in [0.29, 0.717) is 5.69 Å². The maximum Gasteiger partial charge on any atom is 0.124 e. The molecule has 2 rings (SSSR count). The Kier molecular flexibility index (Phi) is 4.68. The third-order valence-corrected chi connectivity index (χ3v) is 4.26. The van der Waals surface area contributed by atoms with Crippen LogP contribution >= 0.6 is 11.8 Å². The molecule has 0 aliphatic carbocycles. The second-order valence-electron chi connectivity index (χ2n) is 4.53. The Balaban J connectivity index is 1.79. The van der Waals surface area contributed by atoms with Gasteiger partial charge in [-0.3, -0.25) is 0 Å². The molecule has 1 aromatic rings. The first-order chi connectivity index (χ1) is 8.25. The third-order valence-electron chi connectivity index (χ3n) is 3.16. The van der Waals surface area contributed by atoms with Gasteiger partial charge in [0.05, 0.1) is 0 Å². The van der Waals surface area contributed by atoms with E-state index >= 15 is 0 Å². The number of hydrogen-bond acceptors (Lipinski definition) is 3. The lowest BCUT2D eigenvalue weighted by atomic mass is 9.97. The Morgan fingerprint density at radius 3 is 3.12 bits per heavy atom. The van der Waals surface area contributed by atoms with Gasteiger partial charge in [-0.05, 0) is 62.2 Å². The number of halogens is 1. The maximum absolute atomic E-state index is 13.1. The highest BCUT2D eigenvalue weighted by Gasteiger charge is 2.12. The van der Waals surface area contributed by atoms with E-state index in [0.717, 1.165) is 29.7 Å². The Morgan fingerprint density at radius 1 is 1.47 bits per heavy atom. The molecule has 1 heterocycles. The van der Waals surface area contributed by atoms with Crippen molar-refractivity contribution in [2.75, 3.05) is 24.6 Å². The van der Waals surface area contributed by atoms with Crippen LogP contribution in [-0.4, -0.2) is 18.8 Å². The second kappa shape index (κ2) is 6.26. The normalized spacial score (nSPS) is 20.4. The molecule has 1 aliphatic rings. The van der Waals surface area contributed by atoms with Gasteiger partial charge in [0.1, 0.15) is 5.82 Å². The summed E-state index contributed by atoms with van der Waals surface area (Å²) in [7, 11) is 0. The lowest BCUT2D eigenvalue weighted by Crippen LogP contribution is -2.29. The first-order valence-electron chi connectivity index (χ1n) is 6.14. The minimum absolute atomic E-state index is 0.207.